The summed E-state index contributed by atoms with van der Waals surface area (Å²) < 4.78 is 1.35. The van der Waals surface area contributed by atoms with Crippen molar-refractivity contribution in [2.24, 2.45) is 5.73 Å². The van der Waals surface area contributed by atoms with E-state index >= 15 is 0 Å². The van der Waals surface area contributed by atoms with E-state index < -0.39 is 11.8 Å². The maximum atomic E-state index is 12.2. The molecule has 1 aromatic carbocycles. The highest BCUT2D eigenvalue weighted by atomic mass is 16.5. The molecule has 0 spiro atoms. The fourth-order valence-corrected chi connectivity index (χ4v) is 1.89. The second kappa shape index (κ2) is 5.54. The van der Waals surface area contributed by atoms with Gasteiger partial charge in [0, 0.05) is 30.1 Å². The molecule has 2 rings (SSSR count). The maximum absolute atomic E-state index is 12.2. The SMILES string of the molecule is NC(=O)CCn1ccc2ccc(C(=O)NO)cc2c1=O. The van der Waals surface area contributed by atoms with E-state index in [-0.39, 0.29) is 24.1 Å². The minimum Gasteiger partial charge on any atom is -0.370 e. The summed E-state index contributed by atoms with van der Waals surface area (Å²) in [5.41, 5.74) is 6.41. The third-order valence-electron chi connectivity index (χ3n) is 2.94. The van der Waals surface area contributed by atoms with Crippen LogP contribution >= 0.6 is 0 Å². The van der Waals surface area contributed by atoms with Crippen molar-refractivity contribution in [3.8, 4) is 0 Å². The Kier molecular flexibility index (Phi) is 3.81. The Morgan fingerprint density at radius 2 is 2.05 bits per heavy atom. The maximum Gasteiger partial charge on any atom is 0.274 e. The number of benzene rings is 1. The average molecular weight is 275 g/mol. The van der Waals surface area contributed by atoms with E-state index in [1.807, 2.05) is 0 Å². The van der Waals surface area contributed by atoms with Gasteiger partial charge in [-0.3, -0.25) is 19.6 Å². The monoisotopic (exact) mass is 275 g/mol. The van der Waals surface area contributed by atoms with Crippen LogP contribution in [-0.4, -0.2) is 21.6 Å². The number of aromatic nitrogens is 1. The van der Waals surface area contributed by atoms with Gasteiger partial charge < -0.3 is 10.3 Å². The van der Waals surface area contributed by atoms with Gasteiger partial charge in [-0.05, 0) is 23.6 Å². The molecule has 0 radical (unpaired) electrons. The van der Waals surface area contributed by atoms with Gasteiger partial charge in [0.1, 0.15) is 0 Å². The number of hydroxylamine groups is 1. The molecule has 104 valence electrons. The van der Waals surface area contributed by atoms with Gasteiger partial charge in [0.25, 0.3) is 11.5 Å². The molecule has 0 aliphatic rings. The zero-order valence-corrected chi connectivity index (χ0v) is 10.5. The second-order valence-electron chi connectivity index (χ2n) is 4.27. The molecule has 20 heavy (non-hydrogen) atoms. The van der Waals surface area contributed by atoms with E-state index in [0.717, 1.165) is 0 Å². The van der Waals surface area contributed by atoms with Crippen LogP contribution in [0.4, 0.5) is 0 Å². The average Bonchev–Trinajstić information content (AvgIpc) is 2.45. The molecule has 2 amide bonds. The minimum absolute atomic E-state index is 0.0578. The van der Waals surface area contributed by atoms with E-state index in [4.69, 9.17) is 10.9 Å². The molecular weight excluding hydrogens is 262 g/mol. The number of pyridine rings is 1. The first-order valence-corrected chi connectivity index (χ1v) is 5.89. The molecule has 0 unspecified atom stereocenters. The van der Waals surface area contributed by atoms with E-state index in [9.17, 15) is 14.4 Å². The Bertz CT molecular complexity index is 736. The molecule has 7 heteroatoms. The van der Waals surface area contributed by atoms with Gasteiger partial charge in [0.05, 0.1) is 0 Å². The lowest BCUT2D eigenvalue weighted by Crippen LogP contribution is -2.23. The first-order valence-electron chi connectivity index (χ1n) is 5.89. The standard InChI is InChI=1S/C13H13N3O4/c14-11(17)4-6-16-5-3-8-1-2-9(12(18)15-20)7-10(8)13(16)19/h1-3,5,7,20H,4,6H2,(H2,14,17)(H,15,18). The Hall–Kier alpha value is -2.67. The predicted octanol–water partition coefficient (Wildman–Crippen LogP) is -0.00410. The van der Waals surface area contributed by atoms with Crippen LogP contribution in [0.15, 0.2) is 35.3 Å². The van der Waals surface area contributed by atoms with Gasteiger partial charge in [-0.15, -0.1) is 0 Å². The van der Waals surface area contributed by atoms with Crippen molar-refractivity contribution in [2.75, 3.05) is 0 Å². The van der Waals surface area contributed by atoms with E-state index in [0.29, 0.717) is 10.8 Å². The van der Waals surface area contributed by atoms with Crippen molar-refractivity contribution in [2.45, 2.75) is 13.0 Å². The highest BCUT2D eigenvalue weighted by molar-refractivity contribution is 5.97. The zero-order valence-electron chi connectivity index (χ0n) is 10.5. The molecule has 4 N–H and O–H groups in total. The normalized spacial score (nSPS) is 10.4. The van der Waals surface area contributed by atoms with Gasteiger partial charge in [-0.1, -0.05) is 6.07 Å². The van der Waals surface area contributed by atoms with E-state index in [1.54, 1.807) is 18.3 Å². The Balaban J connectivity index is 2.49. The summed E-state index contributed by atoms with van der Waals surface area (Å²) in [4.78, 5) is 34.3. The Morgan fingerprint density at radius 1 is 1.30 bits per heavy atom. The zero-order chi connectivity index (χ0) is 14.7. The van der Waals surface area contributed by atoms with E-state index in [2.05, 4.69) is 0 Å². The highest BCUT2D eigenvalue weighted by Crippen LogP contribution is 2.12. The molecule has 0 fully saturated rings. The fraction of sp³-hybridized carbons (Fsp3) is 0.154. The molecule has 0 saturated heterocycles. The predicted molar refractivity (Wildman–Crippen MR) is 71.3 cm³/mol. The number of fused-ring (bicyclic) bond motifs is 1. The molecule has 0 atom stereocenters. The largest absolute Gasteiger partial charge is 0.370 e. The number of nitrogens with one attached hydrogen (secondary N) is 1. The first kappa shape index (κ1) is 13.8. The fourth-order valence-electron chi connectivity index (χ4n) is 1.89. The summed E-state index contributed by atoms with van der Waals surface area (Å²) in [5.74, 6) is -1.19. The molecule has 0 bridgehead atoms. The lowest BCUT2D eigenvalue weighted by Gasteiger charge is -2.07. The number of nitrogens with zero attached hydrogens (tertiary/aromatic N) is 1. The van der Waals surface area contributed by atoms with Crippen LogP contribution in [-0.2, 0) is 11.3 Å². The number of rotatable bonds is 4. The van der Waals surface area contributed by atoms with Gasteiger partial charge in [-0.2, -0.15) is 0 Å². The van der Waals surface area contributed by atoms with Crippen LogP contribution in [0.3, 0.4) is 0 Å². The first-order chi connectivity index (χ1) is 9.52. The summed E-state index contributed by atoms with van der Waals surface area (Å²) >= 11 is 0. The van der Waals surface area contributed by atoms with Crippen molar-refractivity contribution in [3.05, 3.63) is 46.4 Å². The number of amides is 2. The van der Waals surface area contributed by atoms with Gasteiger partial charge in [0.2, 0.25) is 5.91 Å². The molecule has 1 heterocycles. The van der Waals surface area contributed by atoms with Crippen molar-refractivity contribution in [1.82, 2.24) is 10.0 Å². The lowest BCUT2D eigenvalue weighted by molar-refractivity contribution is -0.118. The minimum atomic E-state index is -0.696. The molecular formula is C13H13N3O4. The van der Waals surface area contributed by atoms with Crippen LogP contribution in [0.25, 0.3) is 10.8 Å². The van der Waals surface area contributed by atoms with Crippen molar-refractivity contribution in [3.63, 3.8) is 0 Å². The number of carbonyl (C=O) groups excluding carboxylic acids is 2. The number of primary amides is 1. The van der Waals surface area contributed by atoms with Crippen molar-refractivity contribution < 1.29 is 14.8 Å². The second-order valence-corrected chi connectivity index (χ2v) is 4.27. The summed E-state index contributed by atoms with van der Waals surface area (Å²) in [5, 5.41) is 9.59. The Labute approximate surface area is 113 Å². The van der Waals surface area contributed by atoms with Crippen LogP contribution in [0.2, 0.25) is 0 Å². The number of carbonyl (C=O) groups is 2. The lowest BCUT2D eigenvalue weighted by atomic mass is 10.1. The van der Waals surface area contributed by atoms with Gasteiger partial charge in [0.15, 0.2) is 0 Å². The number of hydrogen-bond acceptors (Lipinski definition) is 4. The highest BCUT2D eigenvalue weighted by Gasteiger charge is 2.08. The van der Waals surface area contributed by atoms with Crippen molar-refractivity contribution >= 4 is 22.6 Å². The molecule has 0 aliphatic carbocycles. The molecule has 7 nitrogen and oxygen atoms in total. The van der Waals surface area contributed by atoms with Crippen LogP contribution in [0.5, 0.6) is 0 Å². The number of nitrogens with two attached hydrogens (primary N) is 1. The molecule has 1 aromatic heterocycles. The van der Waals surface area contributed by atoms with Crippen LogP contribution < -0.4 is 16.8 Å². The van der Waals surface area contributed by atoms with E-state index in [1.165, 1.54) is 22.2 Å². The third-order valence-corrected chi connectivity index (χ3v) is 2.94. The Morgan fingerprint density at radius 3 is 2.70 bits per heavy atom. The van der Waals surface area contributed by atoms with Gasteiger partial charge >= 0.3 is 0 Å². The van der Waals surface area contributed by atoms with Gasteiger partial charge in [-0.25, -0.2) is 5.48 Å². The summed E-state index contributed by atoms with van der Waals surface area (Å²) in [7, 11) is 0. The van der Waals surface area contributed by atoms with Crippen LogP contribution in [0, 0.1) is 0 Å². The van der Waals surface area contributed by atoms with Crippen molar-refractivity contribution in [1.29, 1.82) is 0 Å². The summed E-state index contributed by atoms with van der Waals surface area (Å²) in [6, 6.07) is 6.21. The molecule has 0 aliphatic heterocycles. The molecule has 2 aromatic rings. The van der Waals surface area contributed by atoms with Crippen LogP contribution in [0.1, 0.15) is 16.8 Å². The quantitative estimate of drug-likeness (QED) is 0.538. The summed E-state index contributed by atoms with van der Waals surface area (Å²) in [6.07, 6.45) is 1.63. The number of hydrogen-bond donors (Lipinski definition) is 3. The molecule has 0 saturated carbocycles. The third kappa shape index (κ3) is 2.67. The summed E-state index contributed by atoms with van der Waals surface area (Å²) in [6.45, 7) is 0.181. The smallest absolute Gasteiger partial charge is 0.274 e. The topological polar surface area (TPSA) is 114 Å². The number of aryl methyl sites for hydroxylation is 1.